The largest absolute Gasteiger partial charge is 0.327 e. The van der Waals surface area contributed by atoms with Crippen molar-refractivity contribution in [3.63, 3.8) is 0 Å². The molecule has 12 N–H and O–H groups in total. The highest BCUT2D eigenvalue weighted by atomic mass is 14.7. The van der Waals surface area contributed by atoms with Crippen molar-refractivity contribution in [3.8, 4) is 0 Å². The second-order valence-electron chi connectivity index (χ2n) is 16.4. The van der Waals surface area contributed by atoms with Gasteiger partial charge in [0.25, 0.3) is 0 Å². The van der Waals surface area contributed by atoms with Crippen molar-refractivity contribution < 1.29 is 0 Å². The van der Waals surface area contributed by atoms with Gasteiger partial charge in [0, 0.05) is 36.3 Å². The van der Waals surface area contributed by atoms with Crippen LogP contribution in [0.4, 0.5) is 0 Å². The molecular formula is C66H108N6. The molecular weight excluding hydrogens is 877 g/mol. The summed E-state index contributed by atoms with van der Waals surface area (Å²) in [4.78, 5) is 0. The minimum Gasteiger partial charge on any atom is -0.327 e. The van der Waals surface area contributed by atoms with E-state index >= 15 is 0 Å². The second kappa shape index (κ2) is 52.4. The fourth-order valence-electron chi connectivity index (χ4n) is 7.40. The van der Waals surface area contributed by atoms with Gasteiger partial charge in [0.15, 0.2) is 0 Å². The van der Waals surface area contributed by atoms with Crippen LogP contribution < -0.4 is 34.4 Å². The van der Waals surface area contributed by atoms with E-state index in [0.29, 0.717) is 0 Å². The highest BCUT2D eigenvalue weighted by molar-refractivity contribution is 5.20. The highest BCUT2D eigenvalue weighted by Crippen LogP contribution is 2.13. The summed E-state index contributed by atoms with van der Waals surface area (Å²) in [6.45, 7) is 24.0. The fourth-order valence-corrected chi connectivity index (χ4v) is 7.40. The molecule has 0 aliphatic heterocycles. The van der Waals surface area contributed by atoms with Gasteiger partial charge in [-0.15, -0.1) is 0 Å². The second-order valence-corrected chi connectivity index (χ2v) is 16.4. The number of hydrogen-bond acceptors (Lipinski definition) is 6. The maximum Gasteiger partial charge on any atom is 0.00799 e. The summed E-state index contributed by atoms with van der Waals surface area (Å²) in [6.07, 6.45) is 11.4. The molecule has 6 atom stereocenters. The molecule has 0 fully saturated rings. The molecule has 402 valence electrons. The van der Waals surface area contributed by atoms with E-state index in [-0.39, 0.29) is 36.3 Å². The van der Waals surface area contributed by atoms with E-state index in [1.165, 1.54) is 33.4 Å². The van der Waals surface area contributed by atoms with E-state index in [9.17, 15) is 0 Å². The minimum absolute atomic E-state index is 0.194. The molecule has 72 heavy (non-hydrogen) atoms. The van der Waals surface area contributed by atoms with Gasteiger partial charge >= 0.3 is 0 Å². The Morgan fingerprint density at radius 1 is 0.194 bits per heavy atom. The van der Waals surface area contributed by atoms with Crippen LogP contribution in [0.25, 0.3) is 0 Å². The zero-order valence-electron chi connectivity index (χ0n) is 47.7. The SMILES string of the molecule is CC.CC.CC.CC.CC.CC.NC(CCC(N)Cc1ccccc1)Cc1ccccc1.N[C@@H](CC[C@H](N)Cc1ccccc1)Cc1ccccc1.N[C@H](CC[C@@H](N)Cc1ccccc1)Cc1ccccc1. The minimum atomic E-state index is 0.194. The van der Waals surface area contributed by atoms with E-state index < -0.39 is 0 Å². The molecule has 6 rings (SSSR count). The molecule has 2 unspecified atom stereocenters. The Morgan fingerprint density at radius 3 is 0.389 bits per heavy atom. The van der Waals surface area contributed by atoms with E-state index in [2.05, 4.69) is 146 Å². The summed E-state index contributed by atoms with van der Waals surface area (Å²) in [6, 6.07) is 63.6. The van der Waals surface area contributed by atoms with Gasteiger partial charge in [-0.1, -0.05) is 265 Å². The number of rotatable bonds is 21. The Kier molecular flexibility index (Phi) is 51.9. The van der Waals surface area contributed by atoms with E-state index in [0.717, 1.165) is 77.0 Å². The first-order valence-electron chi connectivity index (χ1n) is 28.0. The van der Waals surface area contributed by atoms with Gasteiger partial charge in [-0.3, -0.25) is 0 Å². The van der Waals surface area contributed by atoms with Crippen LogP contribution in [0.2, 0.25) is 0 Å². The molecule has 0 bridgehead atoms. The van der Waals surface area contributed by atoms with E-state index in [1.807, 2.05) is 119 Å². The Balaban J connectivity index is -0.000000895. The van der Waals surface area contributed by atoms with Crippen LogP contribution in [-0.4, -0.2) is 36.3 Å². The molecule has 6 heteroatoms. The lowest BCUT2D eigenvalue weighted by molar-refractivity contribution is 0.514. The molecule has 0 aliphatic rings. The third kappa shape index (κ3) is 39.7. The summed E-state index contributed by atoms with van der Waals surface area (Å²) in [5, 5.41) is 0. The smallest absolute Gasteiger partial charge is 0.00799 e. The molecule has 0 spiro atoms. The van der Waals surface area contributed by atoms with Crippen LogP contribution >= 0.6 is 0 Å². The van der Waals surface area contributed by atoms with Crippen molar-refractivity contribution in [1.82, 2.24) is 0 Å². The monoisotopic (exact) mass is 985 g/mol. The van der Waals surface area contributed by atoms with Gasteiger partial charge in [0.2, 0.25) is 0 Å². The maximum absolute atomic E-state index is 6.19. The molecule has 0 radical (unpaired) electrons. The Labute approximate surface area is 444 Å². The van der Waals surface area contributed by atoms with Crippen LogP contribution in [-0.2, 0) is 38.5 Å². The lowest BCUT2D eigenvalue weighted by atomic mass is 9.97. The van der Waals surface area contributed by atoms with Gasteiger partial charge in [-0.25, -0.2) is 0 Å². The first-order chi connectivity index (χ1) is 35.2. The van der Waals surface area contributed by atoms with Crippen molar-refractivity contribution in [2.75, 3.05) is 0 Å². The van der Waals surface area contributed by atoms with Gasteiger partial charge in [0.05, 0.1) is 0 Å². The number of hydrogen-bond donors (Lipinski definition) is 6. The molecule has 0 amide bonds. The summed E-state index contributed by atoms with van der Waals surface area (Å²) in [7, 11) is 0. The molecule has 0 heterocycles. The van der Waals surface area contributed by atoms with Crippen molar-refractivity contribution in [2.45, 2.75) is 196 Å². The standard InChI is InChI=1S/3C18H24N2.6C2H6/c3*19-17(13-15-7-3-1-4-8-15)11-12-18(20)14-16-9-5-2-6-10-16;6*1-2/h3*1-10,17-18H,11-14,19-20H2;6*1-2H3/t2*17-,18-;;;;;;;/m10......./s1. The molecule has 6 nitrogen and oxygen atoms in total. The fraction of sp³-hybridized carbons (Fsp3) is 0.455. The lowest BCUT2D eigenvalue weighted by Crippen LogP contribution is -2.29. The zero-order valence-corrected chi connectivity index (χ0v) is 47.7. The normalized spacial score (nSPS) is 12.1. The summed E-state index contributed by atoms with van der Waals surface area (Å²) < 4.78 is 0. The molecule has 0 aromatic heterocycles. The molecule has 0 saturated carbocycles. The Morgan fingerprint density at radius 2 is 0.292 bits per heavy atom. The number of benzene rings is 6. The maximum atomic E-state index is 6.19. The zero-order chi connectivity index (χ0) is 54.6. The third-order valence-corrected chi connectivity index (χ3v) is 10.8. The predicted molar refractivity (Wildman–Crippen MR) is 325 cm³/mol. The van der Waals surface area contributed by atoms with Crippen LogP contribution in [0, 0.1) is 0 Å². The summed E-state index contributed by atoms with van der Waals surface area (Å²) in [5.74, 6) is 0. The van der Waals surface area contributed by atoms with Crippen LogP contribution in [0.15, 0.2) is 182 Å². The van der Waals surface area contributed by atoms with Gasteiger partial charge < -0.3 is 34.4 Å². The average Bonchev–Trinajstić information content (AvgIpc) is 3.44. The lowest BCUT2D eigenvalue weighted by Gasteiger charge is -2.16. The quantitative estimate of drug-likeness (QED) is 0.0422. The summed E-state index contributed by atoms with van der Waals surface area (Å²) in [5.41, 5.74) is 45.0. The molecule has 0 saturated heterocycles. The number of nitrogens with two attached hydrogens (primary N) is 6. The first kappa shape index (κ1) is 71.3. The Hall–Kier alpha value is -4.92. The van der Waals surface area contributed by atoms with Crippen LogP contribution in [0.5, 0.6) is 0 Å². The third-order valence-electron chi connectivity index (χ3n) is 10.8. The van der Waals surface area contributed by atoms with Gasteiger partial charge in [-0.05, 0) is 110 Å². The molecule has 0 aliphatic carbocycles. The first-order valence-corrected chi connectivity index (χ1v) is 28.0. The van der Waals surface area contributed by atoms with Crippen molar-refractivity contribution in [2.24, 2.45) is 34.4 Å². The predicted octanol–water partition coefficient (Wildman–Crippen LogP) is 14.9. The average molecular weight is 986 g/mol. The topological polar surface area (TPSA) is 156 Å². The van der Waals surface area contributed by atoms with Crippen molar-refractivity contribution in [1.29, 1.82) is 0 Å². The Bertz CT molecular complexity index is 1530. The van der Waals surface area contributed by atoms with Gasteiger partial charge in [-0.2, -0.15) is 0 Å². The van der Waals surface area contributed by atoms with E-state index in [1.54, 1.807) is 0 Å². The van der Waals surface area contributed by atoms with Crippen molar-refractivity contribution in [3.05, 3.63) is 215 Å². The highest BCUT2D eigenvalue weighted by Gasteiger charge is 2.11. The molecule has 6 aromatic carbocycles. The van der Waals surface area contributed by atoms with Gasteiger partial charge in [0.1, 0.15) is 0 Å². The van der Waals surface area contributed by atoms with Crippen LogP contribution in [0.1, 0.15) is 155 Å². The van der Waals surface area contributed by atoms with E-state index in [4.69, 9.17) is 34.4 Å². The van der Waals surface area contributed by atoms with Crippen LogP contribution in [0.3, 0.4) is 0 Å². The molecule has 6 aromatic rings. The van der Waals surface area contributed by atoms with Crippen molar-refractivity contribution >= 4 is 0 Å². The summed E-state index contributed by atoms with van der Waals surface area (Å²) >= 11 is 0.